The van der Waals surface area contributed by atoms with Gasteiger partial charge in [-0.05, 0) is 12.5 Å². The Bertz CT molecular complexity index is 729. The minimum atomic E-state index is -0.351. The first-order chi connectivity index (χ1) is 11.0. The summed E-state index contributed by atoms with van der Waals surface area (Å²) in [6, 6.07) is 11.7. The Labute approximate surface area is 139 Å². The molecule has 0 radical (unpaired) electrons. The Balaban J connectivity index is 1.99. The number of carbonyl (C=O) groups excluding carboxylic acids is 1. The van der Waals surface area contributed by atoms with Gasteiger partial charge < -0.3 is 10.6 Å². The van der Waals surface area contributed by atoms with Crippen LogP contribution in [-0.2, 0) is 11.3 Å². The molecule has 0 saturated heterocycles. The summed E-state index contributed by atoms with van der Waals surface area (Å²) in [6.07, 6.45) is 1.37. The number of hydrogen-bond donors (Lipinski definition) is 1. The van der Waals surface area contributed by atoms with Crippen molar-refractivity contribution in [2.24, 2.45) is 0 Å². The van der Waals surface area contributed by atoms with Crippen molar-refractivity contribution in [1.82, 2.24) is 14.9 Å². The number of thioether (sulfide) groups is 1. The number of nitrogens with two attached hydrogens (primary N) is 1. The van der Waals surface area contributed by atoms with E-state index >= 15 is 0 Å². The molecule has 0 aliphatic rings. The van der Waals surface area contributed by atoms with Crippen LogP contribution in [0.15, 0.2) is 41.7 Å². The fourth-order valence-electron chi connectivity index (χ4n) is 1.98. The van der Waals surface area contributed by atoms with E-state index in [1.54, 1.807) is 18.9 Å². The third-order valence-corrected chi connectivity index (χ3v) is 4.15. The molecule has 2 N–H and O–H groups in total. The fraction of sp³-hybridized carbons (Fsp3) is 0.250. The molecule has 0 bridgehead atoms. The molecule has 1 atom stereocenters. The monoisotopic (exact) mass is 327 g/mol. The molecule has 7 heteroatoms. The Morgan fingerprint density at radius 3 is 2.74 bits per heavy atom. The van der Waals surface area contributed by atoms with Crippen molar-refractivity contribution in [2.45, 2.75) is 23.9 Å². The molecule has 1 aromatic carbocycles. The quantitative estimate of drug-likeness (QED) is 0.667. The molecule has 0 aliphatic heterocycles. The Morgan fingerprint density at radius 1 is 1.43 bits per heavy atom. The number of hydrogen-bond acceptors (Lipinski definition) is 6. The molecular weight excluding hydrogens is 310 g/mol. The van der Waals surface area contributed by atoms with Gasteiger partial charge in [0.15, 0.2) is 5.16 Å². The van der Waals surface area contributed by atoms with Crippen LogP contribution in [0.3, 0.4) is 0 Å². The van der Waals surface area contributed by atoms with E-state index in [1.165, 1.54) is 18.0 Å². The van der Waals surface area contributed by atoms with Crippen molar-refractivity contribution < 1.29 is 4.79 Å². The predicted octanol–water partition coefficient (Wildman–Crippen LogP) is 2.07. The lowest BCUT2D eigenvalue weighted by Gasteiger charge is -2.20. The normalized spacial score (nSPS) is 11.5. The van der Waals surface area contributed by atoms with E-state index in [1.807, 2.05) is 36.4 Å². The molecule has 2 aromatic rings. The van der Waals surface area contributed by atoms with Crippen LogP contribution < -0.4 is 5.73 Å². The molecule has 0 saturated carbocycles. The molecule has 118 valence electrons. The third-order valence-electron chi connectivity index (χ3n) is 3.19. The first-order valence-electron chi connectivity index (χ1n) is 6.99. The van der Waals surface area contributed by atoms with Crippen molar-refractivity contribution in [3.8, 4) is 6.07 Å². The van der Waals surface area contributed by atoms with Crippen LogP contribution in [0.25, 0.3) is 0 Å². The minimum absolute atomic E-state index is 0.0228. The van der Waals surface area contributed by atoms with Crippen LogP contribution in [0.1, 0.15) is 18.1 Å². The molecule has 6 nitrogen and oxygen atoms in total. The molecule has 2 rings (SSSR count). The number of anilines is 1. The molecule has 0 spiro atoms. The van der Waals surface area contributed by atoms with E-state index < -0.39 is 0 Å². The van der Waals surface area contributed by atoms with Crippen molar-refractivity contribution in [1.29, 1.82) is 5.26 Å². The van der Waals surface area contributed by atoms with Crippen LogP contribution in [0.4, 0.5) is 5.82 Å². The van der Waals surface area contributed by atoms with Crippen LogP contribution >= 0.6 is 11.8 Å². The van der Waals surface area contributed by atoms with Crippen LogP contribution in [0, 0.1) is 11.3 Å². The van der Waals surface area contributed by atoms with Crippen molar-refractivity contribution in [3.05, 3.63) is 47.7 Å². The second-order valence-corrected chi connectivity index (χ2v) is 6.31. The topological polar surface area (TPSA) is 95.9 Å². The van der Waals surface area contributed by atoms with E-state index in [2.05, 4.69) is 9.97 Å². The summed E-state index contributed by atoms with van der Waals surface area (Å²) in [4.78, 5) is 22.2. The number of carbonyl (C=O) groups is 1. The average molecular weight is 327 g/mol. The van der Waals surface area contributed by atoms with E-state index in [-0.39, 0.29) is 22.5 Å². The van der Waals surface area contributed by atoms with Gasteiger partial charge in [-0.1, -0.05) is 42.1 Å². The van der Waals surface area contributed by atoms with Gasteiger partial charge in [-0.25, -0.2) is 9.97 Å². The van der Waals surface area contributed by atoms with Crippen molar-refractivity contribution in [2.75, 3.05) is 12.8 Å². The molecule has 0 aliphatic carbocycles. The van der Waals surface area contributed by atoms with Gasteiger partial charge in [-0.3, -0.25) is 4.79 Å². The van der Waals surface area contributed by atoms with Gasteiger partial charge >= 0.3 is 0 Å². The summed E-state index contributed by atoms with van der Waals surface area (Å²) in [7, 11) is 1.76. The van der Waals surface area contributed by atoms with E-state index in [4.69, 9.17) is 11.0 Å². The van der Waals surface area contributed by atoms with Gasteiger partial charge in [-0.15, -0.1) is 0 Å². The first kappa shape index (κ1) is 16.8. The summed E-state index contributed by atoms with van der Waals surface area (Å²) in [5.74, 6) is 0.104. The van der Waals surface area contributed by atoms with Crippen molar-refractivity contribution in [3.63, 3.8) is 0 Å². The Kier molecular flexibility index (Phi) is 5.55. The predicted molar refractivity (Wildman–Crippen MR) is 89.4 cm³/mol. The second-order valence-electron chi connectivity index (χ2n) is 5.00. The maximum absolute atomic E-state index is 12.4. The number of rotatable bonds is 5. The molecule has 1 aromatic heterocycles. The summed E-state index contributed by atoms with van der Waals surface area (Å²) < 4.78 is 0. The number of aromatic nitrogens is 2. The molecule has 1 unspecified atom stereocenters. The van der Waals surface area contributed by atoms with Crippen LogP contribution in [0.2, 0.25) is 0 Å². The molecule has 1 heterocycles. The lowest BCUT2D eigenvalue weighted by molar-refractivity contribution is -0.129. The maximum atomic E-state index is 12.4. The minimum Gasteiger partial charge on any atom is -0.382 e. The fourth-order valence-corrected chi connectivity index (χ4v) is 2.84. The maximum Gasteiger partial charge on any atom is 0.235 e. The first-order valence-corrected chi connectivity index (χ1v) is 7.87. The highest BCUT2D eigenvalue weighted by Gasteiger charge is 2.20. The Hall–Kier alpha value is -2.59. The standard InChI is InChI=1S/C16H17N5OS/c1-11(23-16-19-9-13(8-17)14(18)20-16)15(22)21(2)10-12-6-4-3-5-7-12/h3-7,9,11H,10H2,1-2H3,(H2,18,19,20). The zero-order chi connectivity index (χ0) is 16.8. The molecule has 0 fully saturated rings. The largest absolute Gasteiger partial charge is 0.382 e. The summed E-state index contributed by atoms with van der Waals surface area (Å²) >= 11 is 1.22. The third kappa shape index (κ3) is 4.44. The van der Waals surface area contributed by atoms with Gasteiger partial charge in [0.2, 0.25) is 5.91 Å². The highest BCUT2D eigenvalue weighted by molar-refractivity contribution is 8.00. The summed E-state index contributed by atoms with van der Waals surface area (Å²) in [5, 5.41) is 8.85. The molecule has 1 amide bonds. The van der Waals surface area contributed by atoms with Gasteiger partial charge in [-0.2, -0.15) is 5.26 Å². The SMILES string of the molecule is CC(Sc1ncc(C#N)c(N)n1)C(=O)N(C)Cc1ccccc1. The van der Waals surface area contributed by atoms with Crippen LogP contribution in [0.5, 0.6) is 0 Å². The summed E-state index contributed by atoms with van der Waals surface area (Å²) in [6.45, 7) is 2.34. The number of benzene rings is 1. The molecular formula is C16H17N5OS. The van der Waals surface area contributed by atoms with Gasteiger partial charge in [0, 0.05) is 13.6 Å². The van der Waals surface area contributed by atoms with Crippen LogP contribution in [-0.4, -0.2) is 33.1 Å². The summed E-state index contributed by atoms with van der Waals surface area (Å²) in [5.41, 5.74) is 6.96. The lowest BCUT2D eigenvalue weighted by Crippen LogP contribution is -2.32. The highest BCUT2D eigenvalue weighted by Crippen LogP contribution is 2.22. The van der Waals surface area contributed by atoms with E-state index in [0.717, 1.165) is 5.56 Å². The van der Waals surface area contributed by atoms with E-state index in [9.17, 15) is 4.79 Å². The molecule has 23 heavy (non-hydrogen) atoms. The number of nitrogens with zero attached hydrogens (tertiary/aromatic N) is 4. The average Bonchev–Trinajstić information content (AvgIpc) is 2.55. The highest BCUT2D eigenvalue weighted by atomic mass is 32.2. The number of nitrogen functional groups attached to an aromatic ring is 1. The van der Waals surface area contributed by atoms with Gasteiger partial charge in [0.05, 0.1) is 11.4 Å². The second kappa shape index (κ2) is 7.61. The van der Waals surface area contributed by atoms with Gasteiger partial charge in [0.1, 0.15) is 17.5 Å². The van der Waals surface area contributed by atoms with Crippen molar-refractivity contribution >= 4 is 23.5 Å². The smallest absolute Gasteiger partial charge is 0.235 e. The van der Waals surface area contributed by atoms with Gasteiger partial charge in [0.25, 0.3) is 0 Å². The number of nitriles is 1. The zero-order valence-corrected chi connectivity index (χ0v) is 13.7. The van der Waals surface area contributed by atoms with E-state index in [0.29, 0.717) is 11.7 Å². The lowest BCUT2D eigenvalue weighted by atomic mass is 10.2. The Morgan fingerprint density at radius 2 is 2.13 bits per heavy atom. The number of amides is 1. The zero-order valence-electron chi connectivity index (χ0n) is 12.9.